The van der Waals surface area contributed by atoms with E-state index in [2.05, 4.69) is 26.7 Å². The zero-order valence-electron chi connectivity index (χ0n) is 15.6. The van der Waals surface area contributed by atoms with Crippen LogP contribution in [0.1, 0.15) is 30.2 Å². The molecule has 0 saturated carbocycles. The van der Waals surface area contributed by atoms with Crippen molar-refractivity contribution in [1.82, 2.24) is 24.7 Å². The van der Waals surface area contributed by atoms with Crippen molar-refractivity contribution in [2.75, 3.05) is 59.0 Å². The number of amides is 1. The average molecular weight is 347 g/mol. The van der Waals surface area contributed by atoms with Gasteiger partial charge in [-0.1, -0.05) is 6.92 Å². The lowest BCUT2D eigenvalue weighted by Gasteiger charge is -2.36. The van der Waals surface area contributed by atoms with Gasteiger partial charge in [0, 0.05) is 44.1 Å². The Balaban J connectivity index is 1.56. The largest absolute Gasteiger partial charge is 0.367 e. The van der Waals surface area contributed by atoms with E-state index in [4.69, 9.17) is 4.74 Å². The summed E-state index contributed by atoms with van der Waals surface area (Å²) in [5.41, 5.74) is 1.87. The summed E-state index contributed by atoms with van der Waals surface area (Å²) in [4.78, 5) is 28.3. The van der Waals surface area contributed by atoms with Crippen LogP contribution in [0.4, 0.5) is 0 Å². The predicted molar refractivity (Wildman–Crippen MR) is 95.3 cm³/mol. The molecule has 2 fully saturated rings. The lowest BCUT2D eigenvalue weighted by atomic mass is 10.2. The summed E-state index contributed by atoms with van der Waals surface area (Å²) in [5, 5.41) is 0. The minimum atomic E-state index is -0.228. The molecule has 0 spiro atoms. The second-order valence-corrected chi connectivity index (χ2v) is 6.92. The molecule has 0 bridgehead atoms. The molecule has 7 heteroatoms. The van der Waals surface area contributed by atoms with Crippen LogP contribution < -0.4 is 0 Å². The molecule has 3 rings (SSSR count). The molecular weight excluding hydrogens is 318 g/mol. The molecule has 138 valence electrons. The first-order valence-corrected chi connectivity index (χ1v) is 9.21. The van der Waals surface area contributed by atoms with Crippen molar-refractivity contribution in [3.05, 3.63) is 23.3 Å². The summed E-state index contributed by atoms with van der Waals surface area (Å²) in [6.07, 6.45) is -0.228. The third-order valence-electron chi connectivity index (χ3n) is 4.98. The van der Waals surface area contributed by atoms with Gasteiger partial charge in [0.25, 0.3) is 0 Å². The van der Waals surface area contributed by atoms with Crippen molar-refractivity contribution in [3.63, 3.8) is 0 Å². The first kappa shape index (κ1) is 18.2. The molecule has 0 N–H and O–H groups in total. The van der Waals surface area contributed by atoms with Crippen LogP contribution in [-0.4, -0.2) is 89.5 Å². The maximum atomic E-state index is 12.7. The summed E-state index contributed by atoms with van der Waals surface area (Å²) in [6, 6.07) is 1.95. The van der Waals surface area contributed by atoms with Gasteiger partial charge in [-0.2, -0.15) is 0 Å². The number of piperazine rings is 1. The molecular formula is C18H29N5O2. The molecule has 1 amide bonds. The summed E-state index contributed by atoms with van der Waals surface area (Å²) in [6.45, 7) is 13.4. The molecule has 1 atom stereocenters. The molecule has 0 aliphatic carbocycles. The number of ether oxygens (including phenoxy) is 1. The van der Waals surface area contributed by atoms with Crippen LogP contribution in [0.3, 0.4) is 0 Å². The molecule has 0 aromatic carbocycles. The van der Waals surface area contributed by atoms with E-state index < -0.39 is 0 Å². The standard InChI is InChI=1S/C18H29N5O2/c1-4-21-5-7-22(8-6-21)13-17(24)23-9-10-25-16(12-23)18-19-14(2)11-15(3)20-18/h11,16H,4-10,12-13H2,1-3H3/t16-/m0/s1. The molecule has 2 aliphatic heterocycles. The fraction of sp³-hybridized carbons (Fsp3) is 0.722. The van der Waals surface area contributed by atoms with E-state index in [0.29, 0.717) is 32.1 Å². The highest BCUT2D eigenvalue weighted by Crippen LogP contribution is 2.20. The second kappa shape index (κ2) is 8.21. The molecule has 1 aromatic rings. The van der Waals surface area contributed by atoms with Crippen LogP contribution >= 0.6 is 0 Å². The number of likely N-dealkylation sites (N-methyl/N-ethyl adjacent to an activating group) is 1. The first-order chi connectivity index (χ1) is 12.0. The quantitative estimate of drug-likeness (QED) is 0.796. The van der Waals surface area contributed by atoms with Gasteiger partial charge in [0.05, 0.1) is 19.7 Å². The zero-order chi connectivity index (χ0) is 17.8. The van der Waals surface area contributed by atoms with Crippen molar-refractivity contribution < 1.29 is 9.53 Å². The number of carbonyl (C=O) groups is 1. The fourth-order valence-corrected chi connectivity index (χ4v) is 3.48. The lowest BCUT2D eigenvalue weighted by molar-refractivity contribution is -0.140. The van der Waals surface area contributed by atoms with Gasteiger partial charge in [-0.05, 0) is 26.5 Å². The average Bonchev–Trinajstić information content (AvgIpc) is 2.61. The van der Waals surface area contributed by atoms with Gasteiger partial charge in [-0.3, -0.25) is 9.69 Å². The maximum Gasteiger partial charge on any atom is 0.236 e. The van der Waals surface area contributed by atoms with Crippen LogP contribution in [0.2, 0.25) is 0 Å². The van der Waals surface area contributed by atoms with Crippen molar-refractivity contribution in [3.8, 4) is 0 Å². The van der Waals surface area contributed by atoms with E-state index in [0.717, 1.165) is 44.1 Å². The second-order valence-electron chi connectivity index (χ2n) is 6.92. The highest BCUT2D eigenvalue weighted by molar-refractivity contribution is 5.78. The Morgan fingerprint density at radius 2 is 1.76 bits per heavy atom. The fourth-order valence-electron chi connectivity index (χ4n) is 3.48. The highest BCUT2D eigenvalue weighted by atomic mass is 16.5. The lowest BCUT2D eigenvalue weighted by Crippen LogP contribution is -2.51. The zero-order valence-corrected chi connectivity index (χ0v) is 15.6. The van der Waals surface area contributed by atoms with Crippen molar-refractivity contribution >= 4 is 5.91 Å². The number of morpholine rings is 1. The minimum absolute atomic E-state index is 0.183. The summed E-state index contributed by atoms with van der Waals surface area (Å²) in [5.74, 6) is 0.870. The number of aromatic nitrogens is 2. The van der Waals surface area contributed by atoms with Crippen LogP contribution in [-0.2, 0) is 9.53 Å². The number of hydrogen-bond acceptors (Lipinski definition) is 6. The van der Waals surface area contributed by atoms with Gasteiger partial charge in [0.1, 0.15) is 6.10 Å². The monoisotopic (exact) mass is 347 g/mol. The van der Waals surface area contributed by atoms with Gasteiger partial charge in [-0.15, -0.1) is 0 Å². The Labute approximate surface area is 150 Å². The molecule has 25 heavy (non-hydrogen) atoms. The summed E-state index contributed by atoms with van der Waals surface area (Å²) >= 11 is 0. The van der Waals surface area contributed by atoms with E-state index in [-0.39, 0.29) is 12.0 Å². The Kier molecular flexibility index (Phi) is 5.98. The van der Waals surface area contributed by atoms with Crippen LogP contribution in [0.5, 0.6) is 0 Å². The predicted octanol–water partition coefficient (Wildman–Crippen LogP) is 0.631. The topological polar surface area (TPSA) is 61.8 Å². The number of hydrogen-bond donors (Lipinski definition) is 0. The van der Waals surface area contributed by atoms with Gasteiger partial charge < -0.3 is 14.5 Å². The van der Waals surface area contributed by atoms with E-state index >= 15 is 0 Å². The van der Waals surface area contributed by atoms with Crippen LogP contribution in [0.15, 0.2) is 6.07 Å². The third-order valence-corrected chi connectivity index (χ3v) is 4.98. The normalized spacial score (nSPS) is 23.0. The van der Waals surface area contributed by atoms with E-state index in [1.165, 1.54) is 0 Å². The third kappa shape index (κ3) is 4.74. The molecule has 2 aliphatic rings. The summed E-state index contributed by atoms with van der Waals surface area (Å²) < 4.78 is 5.83. The Morgan fingerprint density at radius 1 is 1.12 bits per heavy atom. The highest BCUT2D eigenvalue weighted by Gasteiger charge is 2.29. The molecule has 3 heterocycles. The van der Waals surface area contributed by atoms with Gasteiger partial charge >= 0.3 is 0 Å². The van der Waals surface area contributed by atoms with Crippen LogP contribution in [0.25, 0.3) is 0 Å². The number of nitrogens with zero attached hydrogens (tertiary/aromatic N) is 5. The number of carbonyl (C=O) groups excluding carboxylic acids is 1. The maximum absolute atomic E-state index is 12.7. The first-order valence-electron chi connectivity index (χ1n) is 9.21. The molecule has 0 radical (unpaired) electrons. The number of rotatable bonds is 4. The van der Waals surface area contributed by atoms with Gasteiger partial charge in [0.15, 0.2) is 5.82 Å². The molecule has 1 aromatic heterocycles. The van der Waals surface area contributed by atoms with E-state index in [1.54, 1.807) is 0 Å². The van der Waals surface area contributed by atoms with Crippen molar-refractivity contribution in [2.24, 2.45) is 0 Å². The Morgan fingerprint density at radius 3 is 2.40 bits per heavy atom. The molecule has 7 nitrogen and oxygen atoms in total. The van der Waals surface area contributed by atoms with Crippen molar-refractivity contribution in [2.45, 2.75) is 26.9 Å². The SMILES string of the molecule is CCN1CCN(CC(=O)N2CCO[C@H](c3nc(C)cc(C)n3)C2)CC1. The molecule has 0 unspecified atom stereocenters. The smallest absolute Gasteiger partial charge is 0.236 e. The Hall–Kier alpha value is -1.57. The van der Waals surface area contributed by atoms with E-state index in [9.17, 15) is 4.79 Å². The van der Waals surface area contributed by atoms with Crippen molar-refractivity contribution in [1.29, 1.82) is 0 Å². The summed E-state index contributed by atoms with van der Waals surface area (Å²) in [7, 11) is 0. The minimum Gasteiger partial charge on any atom is -0.367 e. The van der Waals surface area contributed by atoms with E-state index in [1.807, 2.05) is 24.8 Å². The van der Waals surface area contributed by atoms with Gasteiger partial charge in [0.2, 0.25) is 5.91 Å². The van der Waals surface area contributed by atoms with Gasteiger partial charge in [-0.25, -0.2) is 9.97 Å². The number of aryl methyl sites for hydroxylation is 2. The Bertz CT molecular complexity index is 581. The van der Waals surface area contributed by atoms with Crippen LogP contribution in [0, 0.1) is 13.8 Å². The molecule has 2 saturated heterocycles.